The summed E-state index contributed by atoms with van der Waals surface area (Å²) < 4.78 is 4.01. The number of rotatable bonds is 6. The lowest BCUT2D eigenvalue weighted by molar-refractivity contribution is -0.143. The number of carbonyl (C=O) groups is 3. The maximum atomic E-state index is 11.0. The van der Waals surface area contributed by atoms with Crippen molar-refractivity contribution in [1.82, 2.24) is 0 Å². The number of aromatic carboxylic acids is 2. The number of carboxylic acids is 2. The molecule has 0 atom stereocenters. The fourth-order valence-electron chi connectivity index (χ4n) is 1.67. The summed E-state index contributed by atoms with van der Waals surface area (Å²) in [5.74, 6) is -2.98. The third-order valence-electron chi connectivity index (χ3n) is 2.75. The van der Waals surface area contributed by atoms with E-state index in [9.17, 15) is 14.4 Å². The van der Waals surface area contributed by atoms with Crippen LogP contribution >= 0.6 is 0 Å². The number of hydrogen-bond acceptors (Lipinski definition) is 5. The molecule has 7 nitrogen and oxygen atoms in total. The van der Waals surface area contributed by atoms with Crippen molar-refractivity contribution in [1.29, 1.82) is 0 Å². The van der Waals surface area contributed by atoms with Gasteiger partial charge in [0.05, 0.1) is 18.2 Å². The zero-order valence-corrected chi connectivity index (χ0v) is 12.5. The van der Waals surface area contributed by atoms with E-state index in [0.717, 1.165) is 12.8 Å². The molecule has 0 aliphatic rings. The number of benzene rings is 1. The molecule has 0 saturated carbocycles. The Kier molecular flexibility index (Phi) is 9.20. The molecule has 122 valence electrons. The molecule has 0 aromatic heterocycles. The molecule has 7 heteroatoms. The molecule has 0 heterocycles. The minimum Gasteiger partial charge on any atom is -0.478 e. The average Bonchev–Trinajstić information content (AvgIpc) is 2.51. The fraction of sp³-hybridized carbons (Fsp3) is 0.400. The Balaban J connectivity index is 0.000000626. The highest BCUT2D eigenvalue weighted by Gasteiger charge is 2.19. The van der Waals surface area contributed by atoms with Crippen LogP contribution < -0.4 is 0 Å². The first kappa shape index (κ1) is 19.6. The third-order valence-corrected chi connectivity index (χ3v) is 2.75. The Labute approximate surface area is 128 Å². The molecule has 0 unspecified atom stereocenters. The zero-order valence-electron chi connectivity index (χ0n) is 12.5. The van der Waals surface area contributed by atoms with E-state index in [2.05, 4.69) is 4.74 Å². The highest BCUT2D eigenvalue weighted by atomic mass is 16.5. The lowest BCUT2D eigenvalue weighted by Crippen LogP contribution is -2.11. The number of methoxy groups -OCH3 is 1. The number of carbonyl (C=O) groups excluding carboxylic acids is 1. The molecule has 22 heavy (non-hydrogen) atoms. The quantitative estimate of drug-likeness (QED) is 0.682. The Bertz CT molecular complexity index is 517. The molecule has 0 radical (unpaired) electrons. The zero-order chi connectivity index (χ0) is 17.1. The molecule has 0 fully saturated rings. The fourth-order valence-corrected chi connectivity index (χ4v) is 1.67. The van der Waals surface area contributed by atoms with Crippen molar-refractivity contribution in [3.8, 4) is 0 Å². The van der Waals surface area contributed by atoms with Crippen molar-refractivity contribution in [2.24, 2.45) is 0 Å². The van der Waals surface area contributed by atoms with Gasteiger partial charge in [0, 0.05) is 0 Å². The highest BCUT2D eigenvalue weighted by Crippen LogP contribution is 2.17. The predicted molar refractivity (Wildman–Crippen MR) is 78.1 cm³/mol. The molecule has 0 bridgehead atoms. The predicted octanol–water partition coefficient (Wildman–Crippen LogP) is 1.58. The van der Waals surface area contributed by atoms with Crippen LogP contribution in [0.15, 0.2) is 18.2 Å². The van der Waals surface area contributed by atoms with E-state index in [1.807, 2.05) is 6.92 Å². The van der Waals surface area contributed by atoms with Gasteiger partial charge in [-0.05, 0) is 24.5 Å². The Morgan fingerprint density at radius 1 is 1.14 bits per heavy atom. The van der Waals surface area contributed by atoms with E-state index in [0.29, 0.717) is 12.0 Å². The van der Waals surface area contributed by atoms with Gasteiger partial charge in [0.1, 0.15) is 6.61 Å². The first-order valence-corrected chi connectivity index (χ1v) is 6.65. The van der Waals surface area contributed by atoms with Crippen molar-refractivity contribution in [3.63, 3.8) is 0 Å². The summed E-state index contributed by atoms with van der Waals surface area (Å²) >= 11 is 0. The van der Waals surface area contributed by atoms with Gasteiger partial charge < -0.3 is 20.1 Å². The van der Waals surface area contributed by atoms with Crippen LogP contribution in [0.4, 0.5) is 0 Å². The van der Waals surface area contributed by atoms with Gasteiger partial charge in [0.15, 0.2) is 0 Å². The van der Waals surface area contributed by atoms with E-state index in [1.165, 1.54) is 13.2 Å². The third kappa shape index (κ3) is 6.36. The van der Waals surface area contributed by atoms with Gasteiger partial charge in [-0.25, -0.2) is 14.4 Å². The number of aryl methyl sites for hydroxylation is 1. The second kappa shape index (κ2) is 10.3. The Hall–Kier alpha value is -2.41. The summed E-state index contributed by atoms with van der Waals surface area (Å²) in [4.78, 5) is 31.6. The molecular formula is C15H20O7. The molecule has 0 aliphatic heterocycles. The molecule has 0 aliphatic carbocycles. The molecule has 0 spiro atoms. The number of ether oxygens (including phenoxy) is 1. The summed E-state index contributed by atoms with van der Waals surface area (Å²) in [6, 6.07) is 4.58. The smallest absolute Gasteiger partial charge is 0.336 e. The van der Waals surface area contributed by atoms with Crippen molar-refractivity contribution in [3.05, 3.63) is 34.9 Å². The van der Waals surface area contributed by atoms with Gasteiger partial charge in [-0.15, -0.1) is 0 Å². The van der Waals surface area contributed by atoms with E-state index < -0.39 is 24.5 Å². The minimum absolute atomic E-state index is 0.0801. The van der Waals surface area contributed by atoms with E-state index in [4.69, 9.17) is 15.3 Å². The molecule has 0 saturated heterocycles. The lowest BCUT2D eigenvalue weighted by Gasteiger charge is -2.08. The normalized spacial score (nSPS) is 9.41. The van der Waals surface area contributed by atoms with Crippen molar-refractivity contribution < 1.29 is 34.4 Å². The first-order chi connectivity index (χ1) is 10.4. The van der Waals surface area contributed by atoms with Crippen molar-refractivity contribution in [2.75, 3.05) is 13.7 Å². The lowest BCUT2D eigenvalue weighted by atomic mass is 9.97. The summed E-state index contributed by atoms with van der Waals surface area (Å²) in [6.07, 6.45) is 2.39. The van der Waals surface area contributed by atoms with Crippen LogP contribution in [0.5, 0.6) is 0 Å². The first-order valence-electron chi connectivity index (χ1n) is 6.65. The monoisotopic (exact) mass is 312 g/mol. The van der Waals surface area contributed by atoms with Gasteiger partial charge in [-0.1, -0.05) is 25.5 Å². The van der Waals surface area contributed by atoms with E-state index in [-0.39, 0.29) is 11.1 Å². The highest BCUT2D eigenvalue weighted by molar-refractivity contribution is 6.02. The summed E-state index contributed by atoms with van der Waals surface area (Å²) in [7, 11) is 1.22. The second-order valence-electron chi connectivity index (χ2n) is 4.29. The van der Waals surface area contributed by atoms with Crippen LogP contribution in [0.25, 0.3) is 0 Å². The molecule has 1 rings (SSSR count). The number of hydrogen-bond donors (Lipinski definition) is 3. The summed E-state index contributed by atoms with van der Waals surface area (Å²) in [6.45, 7) is 1.47. The number of aliphatic hydroxyl groups excluding tert-OH is 1. The molecule has 0 amide bonds. The van der Waals surface area contributed by atoms with Gasteiger partial charge in [-0.3, -0.25) is 0 Å². The van der Waals surface area contributed by atoms with Crippen LogP contribution in [-0.2, 0) is 16.0 Å². The minimum atomic E-state index is -1.20. The van der Waals surface area contributed by atoms with Crippen LogP contribution in [0.2, 0.25) is 0 Å². The second-order valence-corrected chi connectivity index (χ2v) is 4.29. The Morgan fingerprint density at radius 2 is 1.77 bits per heavy atom. The largest absolute Gasteiger partial charge is 0.478 e. The number of carboxylic acid groups (broad SMARTS) is 2. The van der Waals surface area contributed by atoms with Crippen molar-refractivity contribution >= 4 is 17.9 Å². The number of esters is 1. The van der Waals surface area contributed by atoms with E-state index >= 15 is 0 Å². The maximum absolute atomic E-state index is 11.0. The van der Waals surface area contributed by atoms with Gasteiger partial charge >= 0.3 is 17.9 Å². The van der Waals surface area contributed by atoms with Crippen LogP contribution in [0.3, 0.4) is 0 Å². The van der Waals surface area contributed by atoms with Crippen LogP contribution in [0, 0.1) is 0 Å². The van der Waals surface area contributed by atoms with Crippen LogP contribution in [-0.4, -0.2) is 46.9 Å². The van der Waals surface area contributed by atoms with Gasteiger partial charge in [0.2, 0.25) is 0 Å². The molecule has 1 aromatic carbocycles. The standard InChI is InChI=1S/C12H14O4.C3H6O3/c1-2-3-5-8-6-4-7-9(11(13)14)10(8)12(15)16;1-6-3(5)2-4/h4,6-7H,2-3,5H2,1H3,(H,13,14)(H,15,16);4H,2H2,1H3. The summed E-state index contributed by atoms with van der Waals surface area (Å²) in [5, 5.41) is 25.8. The van der Waals surface area contributed by atoms with Gasteiger partial charge in [-0.2, -0.15) is 0 Å². The molecular weight excluding hydrogens is 292 g/mol. The van der Waals surface area contributed by atoms with Crippen LogP contribution in [0.1, 0.15) is 46.0 Å². The summed E-state index contributed by atoms with van der Waals surface area (Å²) in [5.41, 5.74) is 0.374. The Morgan fingerprint density at radius 3 is 2.14 bits per heavy atom. The molecule has 1 aromatic rings. The van der Waals surface area contributed by atoms with E-state index in [1.54, 1.807) is 12.1 Å². The topological polar surface area (TPSA) is 121 Å². The molecule has 3 N–H and O–H groups in total. The SMILES string of the molecule is CCCCc1cccc(C(=O)O)c1C(=O)O.COC(=O)CO. The average molecular weight is 312 g/mol. The maximum Gasteiger partial charge on any atom is 0.336 e. The number of unbranched alkanes of at least 4 members (excludes halogenated alkanes) is 1. The van der Waals surface area contributed by atoms with Gasteiger partial charge in [0.25, 0.3) is 0 Å². The van der Waals surface area contributed by atoms with Crippen molar-refractivity contribution in [2.45, 2.75) is 26.2 Å². The number of aliphatic hydroxyl groups is 1.